The predicted octanol–water partition coefficient (Wildman–Crippen LogP) is 3.67. The molecule has 1 atom stereocenters. The van der Waals surface area contributed by atoms with Gasteiger partial charge in [0, 0.05) is 9.61 Å². The molecule has 0 aliphatic carbocycles. The highest BCUT2D eigenvalue weighted by molar-refractivity contribution is 14.1. The van der Waals surface area contributed by atoms with Crippen LogP contribution in [0.2, 0.25) is 0 Å². The molecule has 1 aromatic carbocycles. The van der Waals surface area contributed by atoms with Crippen LogP contribution in [0.1, 0.15) is 37.8 Å². The maximum atomic E-state index is 3.27. The molecule has 1 aliphatic rings. The molecule has 2 rings (SSSR count). The second kappa shape index (κ2) is 7.60. The molecule has 1 saturated heterocycles. The first-order valence-corrected chi connectivity index (χ1v) is 8.42. The van der Waals surface area contributed by atoms with Crippen LogP contribution in [-0.4, -0.2) is 31.6 Å². The van der Waals surface area contributed by atoms with Crippen LogP contribution < -0.4 is 5.32 Å². The van der Waals surface area contributed by atoms with Gasteiger partial charge in [0.15, 0.2) is 0 Å². The van der Waals surface area contributed by atoms with Crippen LogP contribution in [0.4, 0.5) is 0 Å². The number of nitrogens with zero attached hydrogens (tertiary/aromatic N) is 1. The molecule has 2 nitrogen and oxygen atoms in total. The number of piperidine rings is 1. The van der Waals surface area contributed by atoms with Crippen molar-refractivity contribution >= 4 is 22.6 Å². The Morgan fingerprint density at radius 3 is 2.47 bits per heavy atom. The standard InChI is InChI=1S/C16H25IN2/c1-13(15-3-5-16(17)6-4-15)19-11-8-14(9-12-19)7-10-18-2/h3-6,13-14,18H,7-12H2,1-2H3. The summed E-state index contributed by atoms with van der Waals surface area (Å²) in [7, 11) is 2.05. The van der Waals surface area contributed by atoms with Crippen LogP contribution in [0.15, 0.2) is 24.3 Å². The molecule has 0 aromatic heterocycles. The van der Waals surface area contributed by atoms with Gasteiger partial charge >= 0.3 is 0 Å². The zero-order valence-corrected chi connectivity index (χ0v) is 14.2. The lowest BCUT2D eigenvalue weighted by Gasteiger charge is -2.36. The Labute approximate surface area is 131 Å². The van der Waals surface area contributed by atoms with Crippen molar-refractivity contribution in [2.75, 3.05) is 26.7 Å². The summed E-state index contributed by atoms with van der Waals surface area (Å²) in [6.45, 7) is 6.01. The highest BCUT2D eigenvalue weighted by Crippen LogP contribution is 2.28. The monoisotopic (exact) mass is 372 g/mol. The van der Waals surface area contributed by atoms with Gasteiger partial charge in [0.05, 0.1) is 0 Å². The Morgan fingerprint density at radius 1 is 1.26 bits per heavy atom. The van der Waals surface area contributed by atoms with Crippen molar-refractivity contribution in [2.24, 2.45) is 5.92 Å². The van der Waals surface area contributed by atoms with Crippen LogP contribution >= 0.6 is 22.6 Å². The molecule has 19 heavy (non-hydrogen) atoms. The van der Waals surface area contributed by atoms with Crippen molar-refractivity contribution < 1.29 is 0 Å². The van der Waals surface area contributed by atoms with E-state index in [1.54, 1.807) is 0 Å². The molecular weight excluding hydrogens is 347 g/mol. The van der Waals surface area contributed by atoms with Crippen LogP contribution in [-0.2, 0) is 0 Å². The lowest BCUT2D eigenvalue weighted by Crippen LogP contribution is -2.36. The zero-order valence-electron chi connectivity index (χ0n) is 12.0. The Balaban J connectivity index is 1.85. The van der Waals surface area contributed by atoms with E-state index in [0.717, 1.165) is 12.5 Å². The molecule has 0 radical (unpaired) electrons. The summed E-state index contributed by atoms with van der Waals surface area (Å²) >= 11 is 2.37. The fourth-order valence-electron chi connectivity index (χ4n) is 2.93. The van der Waals surface area contributed by atoms with Gasteiger partial charge in [-0.2, -0.15) is 0 Å². The lowest BCUT2D eigenvalue weighted by atomic mass is 9.92. The molecule has 1 aromatic rings. The molecule has 106 valence electrons. The maximum Gasteiger partial charge on any atom is 0.0319 e. The van der Waals surface area contributed by atoms with Gasteiger partial charge in [0.25, 0.3) is 0 Å². The molecule has 3 heteroatoms. The fourth-order valence-corrected chi connectivity index (χ4v) is 3.29. The summed E-state index contributed by atoms with van der Waals surface area (Å²) in [6, 6.07) is 9.54. The first-order chi connectivity index (χ1) is 9.20. The second-order valence-corrected chi connectivity index (χ2v) is 6.84. The number of benzene rings is 1. The number of hydrogen-bond acceptors (Lipinski definition) is 2. The lowest BCUT2D eigenvalue weighted by molar-refractivity contribution is 0.137. The summed E-state index contributed by atoms with van der Waals surface area (Å²) in [5.74, 6) is 0.924. The van der Waals surface area contributed by atoms with Crippen LogP contribution in [0, 0.1) is 9.49 Å². The first-order valence-electron chi connectivity index (χ1n) is 7.35. The summed E-state index contributed by atoms with van der Waals surface area (Å²) in [6.07, 6.45) is 4.05. The average Bonchev–Trinajstić information content (AvgIpc) is 2.46. The molecule has 1 fully saturated rings. The van der Waals surface area contributed by atoms with E-state index in [9.17, 15) is 0 Å². The van der Waals surface area contributed by atoms with Crippen molar-refractivity contribution in [3.05, 3.63) is 33.4 Å². The highest BCUT2D eigenvalue weighted by atomic mass is 127. The summed E-state index contributed by atoms with van der Waals surface area (Å²) < 4.78 is 1.32. The average molecular weight is 372 g/mol. The third-order valence-electron chi connectivity index (χ3n) is 4.35. The fraction of sp³-hybridized carbons (Fsp3) is 0.625. The Hall–Kier alpha value is -0.130. The topological polar surface area (TPSA) is 15.3 Å². The van der Waals surface area contributed by atoms with E-state index in [2.05, 4.69) is 64.0 Å². The highest BCUT2D eigenvalue weighted by Gasteiger charge is 2.23. The van der Waals surface area contributed by atoms with E-state index >= 15 is 0 Å². The van der Waals surface area contributed by atoms with Gasteiger partial charge in [0.2, 0.25) is 0 Å². The van der Waals surface area contributed by atoms with Gasteiger partial charge < -0.3 is 5.32 Å². The third-order valence-corrected chi connectivity index (χ3v) is 5.07. The first kappa shape index (κ1) is 15.3. The molecule has 1 N–H and O–H groups in total. The molecule has 1 unspecified atom stereocenters. The van der Waals surface area contributed by atoms with Crippen molar-refractivity contribution in [3.8, 4) is 0 Å². The van der Waals surface area contributed by atoms with E-state index in [1.807, 2.05) is 7.05 Å². The van der Waals surface area contributed by atoms with Crippen molar-refractivity contribution in [3.63, 3.8) is 0 Å². The largest absolute Gasteiger partial charge is 0.320 e. The summed E-state index contributed by atoms with van der Waals surface area (Å²) in [5, 5.41) is 3.27. The summed E-state index contributed by atoms with van der Waals surface area (Å²) in [5.41, 5.74) is 1.45. The van der Waals surface area contributed by atoms with Gasteiger partial charge in [-0.05, 0) is 99.1 Å². The van der Waals surface area contributed by atoms with Gasteiger partial charge in [-0.15, -0.1) is 0 Å². The number of nitrogens with one attached hydrogen (secondary N) is 1. The van der Waals surface area contributed by atoms with E-state index in [4.69, 9.17) is 0 Å². The molecule has 0 amide bonds. The van der Waals surface area contributed by atoms with Crippen molar-refractivity contribution in [2.45, 2.75) is 32.2 Å². The third kappa shape index (κ3) is 4.43. The van der Waals surface area contributed by atoms with Crippen LogP contribution in [0.3, 0.4) is 0 Å². The van der Waals surface area contributed by atoms with E-state index in [0.29, 0.717) is 6.04 Å². The Morgan fingerprint density at radius 2 is 1.89 bits per heavy atom. The second-order valence-electron chi connectivity index (χ2n) is 5.60. The molecular formula is C16H25IN2. The smallest absolute Gasteiger partial charge is 0.0319 e. The maximum absolute atomic E-state index is 3.27. The van der Waals surface area contributed by atoms with Crippen molar-refractivity contribution in [1.29, 1.82) is 0 Å². The molecule has 0 spiro atoms. The SMILES string of the molecule is CNCCC1CCN(C(C)c2ccc(I)cc2)CC1. The van der Waals surface area contributed by atoms with Gasteiger partial charge in [-0.25, -0.2) is 0 Å². The van der Waals surface area contributed by atoms with Crippen LogP contribution in [0.5, 0.6) is 0 Å². The van der Waals surface area contributed by atoms with Gasteiger partial charge in [-0.1, -0.05) is 12.1 Å². The minimum absolute atomic E-state index is 0.558. The Kier molecular flexibility index (Phi) is 6.10. The van der Waals surface area contributed by atoms with E-state index in [1.165, 1.54) is 41.5 Å². The minimum Gasteiger partial charge on any atom is -0.320 e. The zero-order chi connectivity index (χ0) is 13.7. The number of likely N-dealkylation sites (tertiary alicyclic amines) is 1. The number of rotatable bonds is 5. The van der Waals surface area contributed by atoms with E-state index in [-0.39, 0.29) is 0 Å². The van der Waals surface area contributed by atoms with Crippen molar-refractivity contribution in [1.82, 2.24) is 10.2 Å². The van der Waals surface area contributed by atoms with Gasteiger partial charge in [0.1, 0.15) is 0 Å². The van der Waals surface area contributed by atoms with E-state index < -0.39 is 0 Å². The normalized spacial score (nSPS) is 19.5. The minimum atomic E-state index is 0.558. The Bertz CT molecular complexity index is 369. The number of hydrogen-bond donors (Lipinski definition) is 1. The summed E-state index contributed by atoms with van der Waals surface area (Å²) in [4.78, 5) is 2.64. The molecule has 1 aliphatic heterocycles. The molecule has 0 bridgehead atoms. The molecule has 0 saturated carbocycles. The quantitative estimate of drug-likeness (QED) is 0.794. The predicted molar refractivity (Wildman–Crippen MR) is 90.4 cm³/mol. The molecule has 1 heterocycles. The number of halogens is 1. The van der Waals surface area contributed by atoms with Crippen LogP contribution in [0.25, 0.3) is 0 Å². The van der Waals surface area contributed by atoms with Gasteiger partial charge in [-0.3, -0.25) is 4.90 Å².